The van der Waals surface area contributed by atoms with Crippen LogP contribution in [0.5, 0.6) is 0 Å². The molecule has 2 rings (SSSR count). The summed E-state index contributed by atoms with van der Waals surface area (Å²) in [6, 6.07) is 1.77. The van der Waals surface area contributed by atoms with Crippen molar-refractivity contribution >= 4 is 34.3 Å². The van der Waals surface area contributed by atoms with Crippen LogP contribution in [0.2, 0.25) is 0 Å². The summed E-state index contributed by atoms with van der Waals surface area (Å²) in [5.41, 5.74) is -0.189. The van der Waals surface area contributed by atoms with E-state index in [0.29, 0.717) is 30.1 Å². The van der Waals surface area contributed by atoms with Gasteiger partial charge in [0.2, 0.25) is 5.91 Å². The summed E-state index contributed by atoms with van der Waals surface area (Å²) in [6.45, 7) is 10.3. The van der Waals surface area contributed by atoms with E-state index in [4.69, 9.17) is 9.47 Å². The minimum atomic E-state index is -0.575. The van der Waals surface area contributed by atoms with Gasteiger partial charge in [0.15, 0.2) is 0 Å². The van der Waals surface area contributed by atoms with Crippen molar-refractivity contribution in [3.63, 3.8) is 0 Å². The van der Waals surface area contributed by atoms with Gasteiger partial charge in [0.05, 0.1) is 18.1 Å². The second-order valence-electron chi connectivity index (χ2n) is 7.78. The molecule has 1 saturated heterocycles. The van der Waals surface area contributed by atoms with Gasteiger partial charge >= 0.3 is 12.1 Å². The molecular weight excluding hydrogens is 380 g/mol. The van der Waals surface area contributed by atoms with Crippen LogP contribution < -0.4 is 5.32 Å². The second kappa shape index (κ2) is 9.41. The van der Waals surface area contributed by atoms with Crippen LogP contribution in [0, 0.1) is 5.92 Å². The smallest absolute Gasteiger partial charge is 0.410 e. The molecule has 0 saturated carbocycles. The van der Waals surface area contributed by atoms with Crippen molar-refractivity contribution in [2.45, 2.75) is 59.5 Å². The lowest BCUT2D eigenvalue weighted by Crippen LogP contribution is -2.45. The third kappa shape index (κ3) is 5.95. The number of piperidine rings is 1. The van der Waals surface area contributed by atoms with Crippen LogP contribution in [0.15, 0.2) is 6.07 Å². The molecule has 1 aliphatic rings. The molecule has 8 heteroatoms. The highest BCUT2D eigenvalue weighted by atomic mass is 32.1. The van der Waals surface area contributed by atoms with E-state index >= 15 is 0 Å². The molecule has 1 atom stereocenters. The normalized spacial score (nSPS) is 17.2. The van der Waals surface area contributed by atoms with Crippen molar-refractivity contribution in [2.75, 3.05) is 25.0 Å². The third-order valence-corrected chi connectivity index (χ3v) is 5.50. The number of amides is 2. The number of hydrogen-bond acceptors (Lipinski definition) is 6. The van der Waals surface area contributed by atoms with E-state index in [-0.39, 0.29) is 18.4 Å². The van der Waals surface area contributed by atoms with Crippen LogP contribution >= 0.6 is 11.3 Å². The van der Waals surface area contributed by atoms with Gasteiger partial charge in [-0.3, -0.25) is 4.79 Å². The van der Waals surface area contributed by atoms with Crippen LogP contribution in [-0.4, -0.2) is 48.2 Å². The number of anilines is 1. The number of carbonyl (C=O) groups excluding carboxylic acids is 3. The van der Waals surface area contributed by atoms with Gasteiger partial charge in [-0.15, -0.1) is 11.3 Å². The van der Waals surface area contributed by atoms with Crippen molar-refractivity contribution in [3.05, 3.63) is 16.5 Å². The van der Waals surface area contributed by atoms with Gasteiger partial charge in [-0.25, -0.2) is 9.59 Å². The molecule has 0 spiro atoms. The number of nitrogens with one attached hydrogen (secondary N) is 1. The Kier molecular flexibility index (Phi) is 7.46. The number of aryl methyl sites for hydroxylation is 1. The van der Waals surface area contributed by atoms with Crippen molar-refractivity contribution < 1.29 is 23.9 Å². The maximum Gasteiger partial charge on any atom is 0.410 e. The zero-order chi connectivity index (χ0) is 20.9. The van der Waals surface area contributed by atoms with Crippen molar-refractivity contribution in [1.29, 1.82) is 0 Å². The highest BCUT2D eigenvalue weighted by molar-refractivity contribution is 7.16. The molecule has 1 fully saturated rings. The van der Waals surface area contributed by atoms with Gasteiger partial charge in [0.25, 0.3) is 0 Å². The average molecular weight is 411 g/mol. The summed E-state index contributed by atoms with van der Waals surface area (Å²) in [5.74, 6) is -0.973. The standard InChI is InChI=1S/C20H30N2O5S/c1-6-14-11-15(18(24)26-7-2)17(28-14)21-16(23)13-9-8-10-22(12-13)19(25)27-20(3,4)5/h11,13H,6-10,12H2,1-5H3,(H,21,23). The summed E-state index contributed by atoms with van der Waals surface area (Å²) < 4.78 is 10.5. The Balaban J connectivity index is 2.07. The Morgan fingerprint density at radius 1 is 1.29 bits per heavy atom. The van der Waals surface area contributed by atoms with E-state index in [9.17, 15) is 14.4 Å². The summed E-state index contributed by atoms with van der Waals surface area (Å²) in [6.07, 6.45) is 1.78. The van der Waals surface area contributed by atoms with Crippen LogP contribution in [0.4, 0.5) is 9.80 Å². The Labute approximate surface area is 170 Å². The second-order valence-corrected chi connectivity index (χ2v) is 8.92. The largest absolute Gasteiger partial charge is 0.462 e. The summed E-state index contributed by atoms with van der Waals surface area (Å²) >= 11 is 1.38. The lowest BCUT2D eigenvalue weighted by molar-refractivity contribution is -0.121. The molecule has 1 aliphatic heterocycles. The first-order valence-corrected chi connectivity index (χ1v) is 10.5. The predicted octanol–water partition coefficient (Wildman–Crippen LogP) is 4.07. The summed E-state index contributed by atoms with van der Waals surface area (Å²) in [7, 11) is 0. The molecule has 1 aromatic rings. The monoisotopic (exact) mass is 410 g/mol. The number of carbonyl (C=O) groups is 3. The minimum absolute atomic E-state index is 0.191. The van der Waals surface area contributed by atoms with Crippen LogP contribution in [0.1, 0.15) is 62.7 Å². The van der Waals surface area contributed by atoms with Gasteiger partial charge < -0.3 is 19.7 Å². The number of hydrogen-bond donors (Lipinski definition) is 1. The zero-order valence-corrected chi connectivity index (χ0v) is 18.1. The van der Waals surface area contributed by atoms with Gasteiger partial charge in [-0.05, 0) is 53.0 Å². The van der Waals surface area contributed by atoms with Gasteiger partial charge in [-0.2, -0.15) is 0 Å². The Morgan fingerprint density at radius 2 is 2.00 bits per heavy atom. The first-order valence-electron chi connectivity index (χ1n) is 9.73. The summed E-state index contributed by atoms with van der Waals surface area (Å²) in [4.78, 5) is 39.9. The SMILES string of the molecule is CCOC(=O)c1cc(CC)sc1NC(=O)C1CCCN(C(=O)OC(C)(C)C)C1. The van der Waals surface area contributed by atoms with E-state index in [1.807, 2.05) is 27.7 Å². The van der Waals surface area contributed by atoms with Crippen LogP contribution in [0.25, 0.3) is 0 Å². The fourth-order valence-electron chi connectivity index (χ4n) is 2.97. The minimum Gasteiger partial charge on any atom is -0.462 e. The number of nitrogens with zero attached hydrogens (tertiary/aromatic N) is 1. The molecule has 1 aromatic heterocycles. The molecule has 2 heterocycles. The number of thiophene rings is 1. The molecular formula is C20H30N2O5S. The average Bonchev–Trinajstić information content (AvgIpc) is 3.03. The summed E-state index contributed by atoms with van der Waals surface area (Å²) in [5, 5.41) is 3.39. The van der Waals surface area contributed by atoms with E-state index in [1.54, 1.807) is 17.9 Å². The first kappa shape index (κ1) is 22.2. The van der Waals surface area contributed by atoms with Crippen molar-refractivity contribution in [1.82, 2.24) is 4.90 Å². The number of esters is 1. The topological polar surface area (TPSA) is 84.9 Å². The number of likely N-dealkylation sites (tertiary alicyclic amines) is 1. The van der Waals surface area contributed by atoms with Gasteiger partial charge in [0.1, 0.15) is 10.6 Å². The highest BCUT2D eigenvalue weighted by Gasteiger charge is 2.32. The molecule has 0 bridgehead atoms. The van der Waals surface area contributed by atoms with Crippen LogP contribution in [-0.2, 0) is 20.7 Å². The number of ether oxygens (including phenoxy) is 2. The molecule has 0 aromatic carbocycles. The van der Waals surface area contributed by atoms with E-state index in [2.05, 4.69) is 5.32 Å². The maximum atomic E-state index is 12.8. The molecule has 2 amide bonds. The molecule has 7 nitrogen and oxygen atoms in total. The molecule has 1 N–H and O–H groups in total. The Hall–Kier alpha value is -2.09. The highest BCUT2D eigenvalue weighted by Crippen LogP contribution is 2.30. The fraction of sp³-hybridized carbons (Fsp3) is 0.650. The van der Waals surface area contributed by atoms with Gasteiger partial charge in [-0.1, -0.05) is 6.92 Å². The third-order valence-electron chi connectivity index (χ3n) is 4.31. The van der Waals surface area contributed by atoms with Crippen molar-refractivity contribution in [3.8, 4) is 0 Å². The molecule has 28 heavy (non-hydrogen) atoms. The van der Waals surface area contributed by atoms with Crippen LogP contribution in [0.3, 0.4) is 0 Å². The quantitative estimate of drug-likeness (QED) is 0.740. The molecule has 0 radical (unpaired) electrons. The van der Waals surface area contributed by atoms with E-state index in [1.165, 1.54) is 11.3 Å². The maximum absolute atomic E-state index is 12.8. The van der Waals surface area contributed by atoms with E-state index < -0.39 is 17.7 Å². The number of rotatable bonds is 5. The zero-order valence-electron chi connectivity index (χ0n) is 17.3. The van der Waals surface area contributed by atoms with Gasteiger partial charge in [0, 0.05) is 18.0 Å². The van der Waals surface area contributed by atoms with Crippen molar-refractivity contribution in [2.24, 2.45) is 5.92 Å². The lowest BCUT2D eigenvalue weighted by atomic mass is 9.97. The molecule has 0 aliphatic carbocycles. The Bertz CT molecular complexity index is 723. The lowest BCUT2D eigenvalue weighted by Gasteiger charge is -2.33. The fourth-order valence-corrected chi connectivity index (χ4v) is 3.95. The molecule has 156 valence electrons. The Morgan fingerprint density at radius 3 is 2.61 bits per heavy atom. The molecule has 1 unspecified atom stereocenters. The van der Waals surface area contributed by atoms with E-state index in [0.717, 1.165) is 17.7 Å². The first-order chi connectivity index (χ1) is 13.1. The predicted molar refractivity (Wildman–Crippen MR) is 109 cm³/mol.